The summed E-state index contributed by atoms with van der Waals surface area (Å²) in [6, 6.07) is 5.06. The lowest BCUT2D eigenvalue weighted by atomic mass is 10.1. The van der Waals surface area contributed by atoms with Gasteiger partial charge in [-0.2, -0.15) is 13.2 Å². The van der Waals surface area contributed by atoms with E-state index in [0.717, 1.165) is 37.1 Å². The van der Waals surface area contributed by atoms with Crippen LogP contribution in [0.3, 0.4) is 0 Å². The zero-order valence-corrected chi connectivity index (χ0v) is 18.1. The second-order valence-corrected chi connectivity index (χ2v) is 5.63. The minimum atomic E-state index is -4.31. The highest BCUT2D eigenvalue weighted by molar-refractivity contribution is 14.0. The molecule has 2 N–H and O–H groups in total. The third-order valence-corrected chi connectivity index (χ3v) is 3.48. The van der Waals surface area contributed by atoms with Crippen LogP contribution in [0.15, 0.2) is 29.3 Å². The summed E-state index contributed by atoms with van der Waals surface area (Å²) < 4.78 is 48.0. The monoisotopic (exact) mass is 503 g/mol. The lowest BCUT2D eigenvalue weighted by Gasteiger charge is -2.11. The van der Waals surface area contributed by atoms with Crippen LogP contribution >= 0.6 is 24.0 Å². The minimum absolute atomic E-state index is 0. The molecule has 0 heterocycles. The first kappa shape index (κ1) is 25.9. The normalized spacial score (nSPS) is 11.8. The standard InChI is InChI=1S/C18H28F3N3O2.HI/c1-3-22-17(23-10-4-5-11-26-13-12-25-2)24-14-15-6-8-16(9-7-15)18(19,20)21;/h6-9H,3-5,10-14H2,1-2H3,(H2,22,23,24);1H. The van der Waals surface area contributed by atoms with Crippen LogP contribution in [0.4, 0.5) is 13.2 Å². The van der Waals surface area contributed by atoms with E-state index < -0.39 is 11.7 Å². The molecule has 9 heteroatoms. The summed E-state index contributed by atoms with van der Waals surface area (Å²) in [6.45, 7) is 5.60. The number of hydrogen-bond acceptors (Lipinski definition) is 3. The molecule has 0 spiro atoms. The number of halogens is 4. The molecule has 0 saturated carbocycles. The summed E-state index contributed by atoms with van der Waals surface area (Å²) in [5.41, 5.74) is 0.0738. The van der Waals surface area contributed by atoms with Gasteiger partial charge in [0.05, 0.1) is 25.3 Å². The van der Waals surface area contributed by atoms with Crippen LogP contribution in [0, 0.1) is 0 Å². The van der Waals surface area contributed by atoms with Gasteiger partial charge < -0.3 is 20.1 Å². The quantitative estimate of drug-likeness (QED) is 0.209. The van der Waals surface area contributed by atoms with Gasteiger partial charge in [0.15, 0.2) is 5.96 Å². The van der Waals surface area contributed by atoms with Gasteiger partial charge in [-0.3, -0.25) is 0 Å². The molecule has 1 aromatic rings. The number of benzene rings is 1. The summed E-state index contributed by atoms with van der Waals surface area (Å²) in [6.07, 6.45) is -2.46. The smallest absolute Gasteiger partial charge is 0.382 e. The molecule has 0 aliphatic carbocycles. The lowest BCUT2D eigenvalue weighted by molar-refractivity contribution is -0.137. The maximum atomic E-state index is 12.6. The predicted octanol–water partition coefficient (Wildman–Crippen LogP) is 3.82. The first-order chi connectivity index (χ1) is 12.5. The van der Waals surface area contributed by atoms with Crippen LogP contribution < -0.4 is 10.6 Å². The van der Waals surface area contributed by atoms with E-state index in [-0.39, 0.29) is 24.0 Å². The number of ether oxygens (including phenoxy) is 2. The van der Waals surface area contributed by atoms with Crippen molar-refractivity contribution in [1.29, 1.82) is 0 Å². The molecule has 0 fully saturated rings. The summed E-state index contributed by atoms with van der Waals surface area (Å²) in [5, 5.41) is 6.33. The fourth-order valence-electron chi connectivity index (χ4n) is 2.09. The molecule has 5 nitrogen and oxygen atoms in total. The average Bonchev–Trinajstić information content (AvgIpc) is 2.61. The number of unbranched alkanes of at least 4 members (excludes halogenated alkanes) is 1. The summed E-state index contributed by atoms with van der Waals surface area (Å²) in [5.74, 6) is 0.646. The minimum Gasteiger partial charge on any atom is -0.382 e. The Morgan fingerprint density at radius 1 is 1.04 bits per heavy atom. The molecule has 0 aliphatic rings. The summed E-state index contributed by atoms with van der Waals surface area (Å²) in [7, 11) is 1.64. The molecule has 0 atom stereocenters. The van der Waals surface area contributed by atoms with E-state index >= 15 is 0 Å². The van der Waals surface area contributed by atoms with Gasteiger partial charge >= 0.3 is 6.18 Å². The predicted molar refractivity (Wildman–Crippen MR) is 112 cm³/mol. The van der Waals surface area contributed by atoms with Crippen molar-refractivity contribution in [2.75, 3.05) is 40.0 Å². The summed E-state index contributed by atoms with van der Waals surface area (Å²) >= 11 is 0. The molecule has 1 aromatic carbocycles. The highest BCUT2D eigenvalue weighted by atomic mass is 127. The maximum absolute atomic E-state index is 12.6. The Balaban J connectivity index is 0.00000676. The van der Waals surface area contributed by atoms with Crippen LogP contribution in [-0.4, -0.2) is 46.0 Å². The van der Waals surface area contributed by atoms with E-state index in [9.17, 15) is 13.2 Å². The number of nitrogens with zero attached hydrogens (tertiary/aromatic N) is 1. The summed E-state index contributed by atoms with van der Waals surface area (Å²) in [4.78, 5) is 4.40. The van der Waals surface area contributed by atoms with Crippen LogP contribution in [0.25, 0.3) is 0 Å². The van der Waals surface area contributed by atoms with Gasteiger partial charge in [0.25, 0.3) is 0 Å². The van der Waals surface area contributed by atoms with E-state index in [1.54, 1.807) is 7.11 Å². The molecule has 0 bridgehead atoms. The Kier molecular flexibility index (Phi) is 14.3. The lowest BCUT2D eigenvalue weighted by Crippen LogP contribution is -2.37. The van der Waals surface area contributed by atoms with Gasteiger partial charge in [0, 0.05) is 26.8 Å². The molecular formula is C18H29F3IN3O2. The molecule has 156 valence electrons. The van der Waals surface area contributed by atoms with Gasteiger partial charge in [-0.1, -0.05) is 12.1 Å². The second kappa shape index (κ2) is 14.9. The van der Waals surface area contributed by atoms with E-state index in [0.29, 0.717) is 38.9 Å². The highest BCUT2D eigenvalue weighted by Gasteiger charge is 2.29. The third kappa shape index (κ3) is 12.1. The van der Waals surface area contributed by atoms with Gasteiger partial charge in [0.2, 0.25) is 0 Å². The van der Waals surface area contributed by atoms with Crippen molar-refractivity contribution in [3.05, 3.63) is 35.4 Å². The van der Waals surface area contributed by atoms with Crippen molar-refractivity contribution in [1.82, 2.24) is 10.6 Å². The Hall–Kier alpha value is -1.07. The zero-order valence-electron chi connectivity index (χ0n) is 15.8. The molecule has 0 aromatic heterocycles. The number of methoxy groups -OCH3 is 1. The first-order valence-electron chi connectivity index (χ1n) is 8.72. The number of guanidine groups is 1. The Morgan fingerprint density at radius 3 is 2.33 bits per heavy atom. The number of hydrogen-bond donors (Lipinski definition) is 2. The van der Waals surface area contributed by atoms with Crippen LogP contribution in [0.5, 0.6) is 0 Å². The van der Waals surface area contributed by atoms with Crippen LogP contribution in [-0.2, 0) is 22.2 Å². The van der Waals surface area contributed by atoms with E-state index in [1.165, 1.54) is 12.1 Å². The van der Waals surface area contributed by atoms with E-state index in [4.69, 9.17) is 9.47 Å². The molecule has 27 heavy (non-hydrogen) atoms. The number of nitrogens with one attached hydrogen (secondary N) is 2. The fourth-order valence-corrected chi connectivity index (χ4v) is 2.09. The zero-order chi connectivity index (χ0) is 19.3. The van der Waals surface area contributed by atoms with Crippen molar-refractivity contribution in [2.45, 2.75) is 32.5 Å². The largest absolute Gasteiger partial charge is 0.416 e. The van der Waals surface area contributed by atoms with Gasteiger partial charge in [0.1, 0.15) is 0 Å². The van der Waals surface area contributed by atoms with Crippen LogP contribution in [0.1, 0.15) is 30.9 Å². The van der Waals surface area contributed by atoms with Gasteiger partial charge in [-0.05, 0) is 37.5 Å². The molecular weight excluding hydrogens is 474 g/mol. The molecule has 0 radical (unpaired) electrons. The fraction of sp³-hybridized carbons (Fsp3) is 0.611. The molecule has 0 aliphatic heterocycles. The Morgan fingerprint density at radius 2 is 1.74 bits per heavy atom. The van der Waals surface area contributed by atoms with Crippen molar-refractivity contribution in [2.24, 2.45) is 4.99 Å². The average molecular weight is 503 g/mol. The molecule has 0 amide bonds. The maximum Gasteiger partial charge on any atom is 0.416 e. The van der Waals surface area contributed by atoms with E-state index in [2.05, 4.69) is 15.6 Å². The van der Waals surface area contributed by atoms with Crippen molar-refractivity contribution in [3.63, 3.8) is 0 Å². The Labute approximate surface area is 176 Å². The third-order valence-electron chi connectivity index (χ3n) is 3.48. The van der Waals surface area contributed by atoms with Crippen molar-refractivity contribution >= 4 is 29.9 Å². The SMILES string of the molecule is CCNC(=NCc1ccc(C(F)(F)F)cc1)NCCCCOCCOC.I. The number of rotatable bonds is 11. The Bertz CT molecular complexity index is 526. The molecule has 1 rings (SSSR count). The van der Waals surface area contributed by atoms with E-state index in [1.807, 2.05) is 6.92 Å². The molecule has 0 unspecified atom stereocenters. The first-order valence-corrected chi connectivity index (χ1v) is 8.72. The number of aliphatic imine (C=N–C) groups is 1. The second-order valence-electron chi connectivity index (χ2n) is 5.63. The van der Waals surface area contributed by atoms with Gasteiger partial charge in [-0.25, -0.2) is 4.99 Å². The van der Waals surface area contributed by atoms with Crippen molar-refractivity contribution in [3.8, 4) is 0 Å². The van der Waals surface area contributed by atoms with Gasteiger partial charge in [-0.15, -0.1) is 24.0 Å². The highest BCUT2D eigenvalue weighted by Crippen LogP contribution is 2.29. The number of alkyl halides is 3. The van der Waals surface area contributed by atoms with Crippen LogP contribution in [0.2, 0.25) is 0 Å². The topological polar surface area (TPSA) is 54.9 Å². The van der Waals surface area contributed by atoms with Crippen molar-refractivity contribution < 1.29 is 22.6 Å². The molecule has 0 saturated heterocycles.